The highest BCUT2D eigenvalue weighted by atomic mass is 32.2. The SMILES string of the molecule is CNCC(COC)N1CC(C)SC(C)C1. The second-order valence-corrected chi connectivity index (χ2v) is 6.26. The van der Waals surface area contributed by atoms with E-state index in [0.717, 1.165) is 23.7 Å². The van der Waals surface area contributed by atoms with Crippen molar-refractivity contribution < 1.29 is 4.74 Å². The van der Waals surface area contributed by atoms with E-state index in [2.05, 4.69) is 35.8 Å². The van der Waals surface area contributed by atoms with Crippen LogP contribution in [0.25, 0.3) is 0 Å². The molecule has 15 heavy (non-hydrogen) atoms. The van der Waals surface area contributed by atoms with E-state index in [1.165, 1.54) is 13.1 Å². The van der Waals surface area contributed by atoms with E-state index in [-0.39, 0.29) is 0 Å². The number of methoxy groups -OCH3 is 1. The molecule has 0 aromatic heterocycles. The second kappa shape index (κ2) is 6.74. The number of nitrogens with zero attached hydrogens (tertiary/aromatic N) is 1. The number of thioether (sulfide) groups is 1. The highest BCUT2D eigenvalue weighted by Gasteiger charge is 2.27. The Bertz CT molecular complexity index is 164. The van der Waals surface area contributed by atoms with Gasteiger partial charge in [0.05, 0.1) is 6.61 Å². The van der Waals surface area contributed by atoms with Gasteiger partial charge in [0.1, 0.15) is 0 Å². The summed E-state index contributed by atoms with van der Waals surface area (Å²) in [6, 6.07) is 0.519. The molecule has 1 N–H and O–H groups in total. The zero-order valence-corrected chi connectivity index (χ0v) is 11.1. The predicted octanol–water partition coefficient (Wildman–Crippen LogP) is 1.05. The standard InChI is InChI=1S/C11H24N2OS/c1-9-6-13(7-10(2)15-9)11(5-12-3)8-14-4/h9-12H,5-8H2,1-4H3. The normalized spacial score (nSPS) is 30.4. The molecule has 90 valence electrons. The molecule has 0 radical (unpaired) electrons. The van der Waals surface area contributed by atoms with Crippen LogP contribution in [0, 0.1) is 0 Å². The monoisotopic (exact) mass is 232 g/mol. The predicted molar refractivity (Wildman–Crippen MR) is 67.7 cm³/mol. The maximum Gasteiger partial charge on any atom is 0.0630 e. The zero-order valence-electron chi connectivity index (χ0n) is 10.3. The van der Waals surface area contributed by atoms with Crippen LogP contribution >= 0.6 is 11.8 Å². The summed E-state index contributed by atoms with van der Waals surface area (Å²) in [7, 11) is 3.79. The smallest absolute Gasteiger partial charge is 0.0630 e. The first-order chi connectivity index (χ1) is 7.17. The van der Waals surface area contributed by atoms with Crippen molar-refractivity contribution in [1.29, 1.82) is 0 Å². The first-order valence-corrected chi connectivity index (χ1v) is 6.64. The summed E-state index contributed by atoms with van der Waals surface area (Å²) in [4.78, 5) is 2.56. The van der Waals surface area contributed by atoms with Crippen molar-refractivity contribution in [1.82, 2.24) is 10.2 Å². The lowest BCUT2D eigenvalue weighted by Crippen LogP contribution is -2.51. The van der Waals surface area contributed by atoms with E-state index in [1.54, 1.807) is 7.11 Å². The molecule has 3 atom stereocenters. The van der Waals surface area contributed by atoms with E-state index >= 15 is 0 Å². The summed E-state index contributed by atoms with van der Waals surface area (Å²) in [5.74, 6) is 0. The minimum Gasteiger partial charge on any atom is -0.383 e. The van der Waals surface area contributed by atoms with Crippen molar-refractivity contribution in [2.75, 3.05) is 40.4 Å². The lowest BCUT2D eigenvalue weighted by molar-refractivity contribution is 0.0891. The first-order valence-electron chi connectivity index (χ1n) is 5.70. The molecule has 1 saturated heterocycles. The van der Waals surface area contributed by atoms with Gasteiger partial charge in [-0.15, -0.1) is 0 Å². The average Bonchev–Trinajstić information content (AvgIpc) is 2.16. The lowest BCUT2D eigenvalue weighted by atomic mass is 10.2. The number of rotatable bonds is 5. The molecule has 0 bridgehead atoms. The minimum atomic E-state index is 0.519. The van der Waals surface area contributed by atoms with Gasteiger partial charge in [-0.2, -0.15) is 11.8 Å². The topological polar surface area (TPSA) is 24.5 Å². The van der Waals surface area contributed by atoms with Gasteiger partial charge >= 0.3 is 0 Å². The molecule has 4 heteroatoms. The van der Waals surface area contributed by atoms with Crippen LogP contribution in [0.15, 0.2) is 0 Å². The van der Waals surface area contributed by atoms with Crippen LogP contribution in [0.1, 0.15) is 13.8 Å². The Morgan fingerprint density at radius 2 is 2.00 bits per heavy atom. The fourth-order valence-electron chi connectivity index (χ4n) is 2.24. The van der Waals surface area contributed by atoms with Crippen molar-refractivity contribution in [2.45, 2.75) is 30.4 Å². The summed E-state index contributed by atoms with van der Waals surface area (Å²) >= 11 is 2.10. The van der Waals surface area contributed by atoms with Crippen LogP contribution in [0.5, 0.6) is 0 Å². The minimum absolute atomic E-state index is 0.519. The molecule has 0 amide bonds. The summed E-state index contributed by atoms with van der Waals surface area (Å²) in [5.41, 5.74) is 0. The van der Waals surface area contributed by atoms with E-state index in [4.69, 9.17) is 4.74 Å². The van der Waals surface area contributed by atoms with Gasteiger partial charge in [-0.3, -0.25) is 4.90 Å². The van der Waals surface area contributed by atoms with Gasteiger partial charge in [-0.25, -0.2) is 0 Å². The summed E-state index contributed by atoms with van der Waals surface area (Å²) in [6.45, 7) is 8.84. The Kier molecular flexibility index (Phi) is 5.97. The van der Waals surface area contributed by atoms with Crippen molar-refractivity contribution in [2.24, 2.45) is 0 Å². The maximum absolute atomic E-state index is 5.29. The molecule has 0 aliphatic carbocycles. The molecular formula is C11H24N2OS. The number of nitrogens with one attached hydrogen (secondary N) is 1. The van der Waals surface area contributed by atoms with E-state index in [0.29, 0.717) is 6.04 Å². The van der Waals surface area contributed by atoms with Crippen LogP contribution in [-0.4, -0.2) is 61.8 Å². The third kappa shape index (κ3) is 4.31. The molecular weight excluding hydrogens is 208 g/mol. The first kappa shape index (κ1) is 13.3. The van der Waals surface area contributed by atoms with Crippen LogP contribution in [0.2, 0.25) is 0 Å². The lowest BCUT2D eigenvalue weighted by Gasteiger charge is -2.39. The Hall–Kier alpha value is 0.230. The molecule has 3 nitrogen and oxygen atoms in total. The van der Waals surface area contributed by atoms with Gasteiger partial charge < -0.3 is 10.1 Å². The van der Waals surface area contributed by atoms with Gasteiger partial charge in [0, 0.05) is 43.3 Å². The van der Waals surface area contributed by atoms with Crippen LogP contribution in [0.4, 0.5) is 0 Å². The molecule has 0 spiro atoms. The van der Waals surface area contributed by atoms with Crippen LogP contribution in [0.3, 0.4) is 0 Å². The largest absolute Gasteiger partial charge is 0.383 e. The third-order valence-corrected chi connectivity index (χ3v) is 3.99. The Labute approximate surface area is 97.9 Å². The Morgan fingerprint density at radius 1 is 1.40 bits per heavy atom. The molecule has 0 aromatic rings. The summed E-state index contributed by atoms with van der Waals surface area (Å²) in [5, 5.41) is 4.73. The summed E-state index contributed by atoms with van der Waals surface area (Å²) < 4.78 is 5.29. The van der Waals surface area contributed by atoms with Gasteiger partial charge in [-0.1, -0.05) is 13.8 Å². The van der Waals surface area contributed by atoms with Gasteiger partial charge in [0.2, 0.25) is 0 Å². The molecule has 1 aliphatic heterocycles. The van der Waals surface area contributed by atoms with Crippen LogP contribution < -0.4 is 5.32 Å². The van der Waals surface area contributed by atoms with Crippen molar-refractivity contribution in [3.8, 4) is 0 Å². The molecule has 0 aromatic carbocycles. The van der Waals surface area contributed by atoms with Gasteiger partial charge in [0.25, 0.3) is 0 Å². The molecule has 1 rings (SSSR count). The van der Waals surface area contributed by atoms with E-state index in [1.807, 2.05) is 7.05 Å². The quantitative estimate of drug-likeness (QED) is 0.766. The molecule has 0 saturated carbocycles. The van der Waals surface area contributed by atoms with E-state index < -0.39 is 0 Å². The number of likely N-dealkylation sites (N-methyl/N-ethyl adjacent to an activating group) is 1. The van der Waals surface area contributed by atoms with Crippen LogP contribution in [-0.2, 0) is 4.74 Å². The van der Waals surface area contributed by atoms with Gasteiger partial charge in [0.15, 0.2) is 0 Å². The summed E-state index contributed by atoms with van der Waals surface area (Å²) in [6.07, 6.45) is 0. The highest BCUT2D eigenvalue weighted by Crippen LogP contribution is 2.25. The fourth-order valence-corrected chi connectivity index (χ4v) is 3.59. The van der Waals surface area contributed by atoms with Gasteiger partial charge in [-0.05, 0) is 7.05 Å². The fraction of sp³-hybridized carbons (Fsp3) is 1.00. The van der Waals surface area contributed by atoms with Crippen molar-refractivity contribution in [3.05, 3.63) is 0 Å². The maximum atomic E-state index is 5.29. The molecule has 1 heterocycles. The van der Waals surface area contributed by atoms with Crippen molar-refractivity contribution >= 4 is 11.8 Å². The number of ether oxygens (including phenoxy) is 1. The van der Waals surface area contributed by atoms with Crippen molar-refractivity contribution in [3.63, 3.8) is 0 Å². The number of hydrogen-bond donors (Lipinski definition) is 1. The Balaban J connectivity index is 2.49. The average molecular weight is 232 g/mol. The number of hydrogen-bond acceptors (Lipinski definition) is 4. The van der Waals surface area contributed by atoms with E-state index in [9.17, 15) is 0 Å². The second-order valence-electron chi connectivity index (χ2n) is 4.38. The molecule has 3 unspecified atom stereocenters. The third-order valence-electron chi connectivity index (χ3n) is 2.76. The zero-order chi connectivity index (χ0) is 11.3. The molecule has 1 fully saturated rings. The molecule has 1 aliphatic rings. The highest BCUT2D eigenvalue weighted by molar-refractivity contribution is 8.00. The Morgan fingerprint density at radius 3 is 2.47 bits per heavy atom.